The van der Waals surface area contributed by atoms with Gasteiger partial charge in [0.1, 0.15) is 6.33 Å². The van der Waals surface area contributed by atoms with Gasteiger partial charge in [-0.25, -0.2) is 14.4 Å². The summed E-state index contributed by atoms with van der Waals surface area (Å²) in [6.07, 6.45) is 3.88. The van der Waals surface area contributed by atoms with E-state index in [2.05, 4.69) is 32.8 Å². The summed E-state index contributed by atoms with van der Waals surface area (Å²) < 4.78 is 33.1. The van der Waals surface area contributed by atoms with Crippen LogP contribution in [0.2, 0.25) is 0 Å². The van der Waals surface area contributed by atoms with Gasteiger partial charge in [0.25, 0.3) is 0 Å². The summed E-state index contributed by atoms with van der Waals surface area (Å²) in [5.41, 5.74) is 1.80. The largest absolute Gasteiger partial charge is 0.493 e. The van der Waals surface area contributed by atoms with Gasteiger partial charge in [0.05, 0.1) is 30.5 Å². The standard InChI is InChI=1S/C33H34FN5O4S/c1-19(21-11-22-16-35-17-23(22)12-21)42-30-15-27-25(14-29(30)41-2)32(37-18-36-27)43-28-9-8-24(13-26(28)34)38-33(44)39-31(40)10-20-6-4-3-5-7-20/h3-9,13-15,18-19,21-23,35H,10-12,16-17H2,1-2H3,(H2,38,39,40,44). The van der Waals surface area contributed by atoms with E-state index in [0.717, 1.165) is 43.3 Å². The molecule has 3 unspecified atom stereocenters. The molecular formula is C33H34FN5O4S. The molecule has 2 aliphatic rings. The summed E-state index contributed by atoms with van der Waals surface area (Å²) in [5.74, 6) is 2.27. The van der Waals surface area contributed by atoms with E-state index in [9.17, 15) is 4.79 Å². The molecule has 0 spiro atoms. The van der Waals surface area contributed by atoms with Crippen molar-refractivity contribution in [3.63, 3.8) is 0 Å². The molecule has 228 valence electrons. The maximum Gasteiger partial charge on any atom is 0.230 e. The number of anilines is 1. The molecule has 2 heterocycles. The van der Waals surface area contributed by atoms with E-state index in [1.165, 1.54) is 18.5 Å². The normalized spacial score (nSPS) is 19.7. The first-order valence-corrected chi connectivity index (χ1v) is 15.1. The molecule has 3 aromatic carbocycles. The number of nitrogens with one attached hydrogen (secondary N) is 3. The van der Waals surface area contributed by atoms with Crippen molar-refractivity contribution in [3.05, 3.63) is 78.4 Å². The Morgan fingerprint density at radius 3 is 2.55 bits per heavy atom. The van der Waals surface area contributed by atoms with Crippen LogP contribution in [-0.4, -0.2) is 47.3 Å². The van der Waals surface area contributed by atoms with E-state index in [-0.39, 0.29) is 35.2 Å². The van der Waals surface area contributed by atoms with E-state index >= 15 is 4.39 Å². The molecule has 3 N–H and O–H groups in total. The fraction of sp³-hybridized carbons (Fsp3) is 0.333. The Kier molecular flexibility index (Phi) is 8.85. The zero-order valence-corrected chi connectivity index (χ0v) is 25.3. The number of rotatable bonds is 9. The number of benzene rings is 3. The minimum Gasteiger partial charge on any atom is -0.493 e. The molecule has 2 fully saturated rings. The van der Waals surface area contributed by atoms with Crippen LogP contribution in [-0.2, 0) is 11.2 Å². The second-order valence-corrected chi connectivity index (χ2v) is 11.8. The molecule has 1 saturated carbocycles. The van der Waals surface area contributed by atoms with Crippen LogP contribution in [0.4, 0.5) is 10.1 Å². The van der Waals surface area contributed by atoms with Gasteiger partial charge in [0, 0.05) is 17.8 Å². The van der Waals surface area contributed by atoms with Crippen molar-refractivity contribution in [1.82, 2.24) is 20.6 Å². The van der Waals surface area contributed by atoms with Crippen molar-refractivity contribution >= 4 is 39.8 Å². The van der Waals surface area contributed by atoms with Crippen molar-refractivity contribution in [1.29, 1.82) is 0 Å². The number of hydrogen-bond acceptors (Lipinski definition) is 8. The van der Waals surface area contributed by atoms with E-state index in [1.807, 2.05) is 36.4 Å². The maximum atomic E-state index is 15.1. The van der Waals surface area contributed by atoms with Gasteiger partial charge in [-0.15, -0.1) is 0 Å². The number of amides is 1. The summed E-state index contributed by atoms with van der Waals surface area (Å²) in [4.78, 5) is 21.0. The molecule has 44 heavy (non-hydrogen) atoms. The summed E-state index contributed by atoms with van der Waals surface area (Å²) >= 11 is 5.23. The number of aromatic nitrogens is 2. The lowest BCUT2D eigenvalue weighted by molar-refractivity contribution is -0.119. The van der Waals surface area contributed by atoms with Crippen LogP contribution in [0, 0.1) is 23.6 Å². The molecule has 0 bridgehead atoms. The summed E-state index contributed by atoms with van der Waals surface area (Å²) in [6.45, 7) is 4.30. The van der Waals surface area contributed by atoms with Crippen LogP contribution in [0.1, 0.15) is 25.3 Å². The van der Waals surface area contributed by atoms with Gasteiger partial charge in [0.2, 0.25) is 11.8 Å². The number of methoxy groups -OCH3 is 1. The molecule has 3 atom stereocenters. The molecule has 1 saturated heterocycles. The lowest BCUT2D eigenvalue weighted by Crippen LogP contribution is -2.35. The predicted molar refractivity (Wildman–Crippen MR) is 170 cm³/mol. The van der Waals surface area contributed by atoms with Crippen LogP contribution in [0.3, 0.4) is 0 Å². The van der Waals surface area contributed by atoms with E-state index in [4.69, 9.17) is 26.4 Å². The number of nitrogens with zero attached hydrogens (tertiary/aromatic N) is 2. The summed E-state index contributed by atoms with van der Waals surface area (Å²) in [5, 5.41) is 9.54. The lowest BCUT2D eigenvalue weighted by atomic mass is 10.00. The fourth-order valence-corrected chi connectivity index (χ4v) is 6.38. The number of halogens is 1. The van der Waals surface area contributed by atoms with Gasteiger partial charge in [-0.3, -0.25) is 4.79 Å². The zero-order valence-electron chi connectivity index (χ0n) is 24.5. The average Bonchev–Trinajstić information content (AvgIpc) is 3.62. The van der Waals surface area contributed by atoms with Crippen molar-refractivity contribution in [2.75, 3.05) is 25.5 Å². The third-order valence-corrected chi connectivity index (χ3v) is 8.61. The molecule has 1 amide bonds. The Hall–Kier alpha value is -4.35. The smallest absolute Gasteiger partial charge is 0.230 e. The molecule has 1 aliphatic carbocycles. The number of carbonyl (C=O) groups is 1. The van der Waals surface area contributed by atoms with Crippen molar-refractivity contribution in [2.45, 2.75) is 32.3 Å². The Morgan fingerprint density at radius 2 is 1.82 bits per heavy atom. The monoisotopic (exact) mass is 615 g/mol. The molecule has 11 heteroatoms. The van der Waals surface area contributed by atoms with Gasteiger partial charge >= 0.3 is 0 Å². The van der Waals surface area contributed by atoms with Crippen LogP contribution >= 0.6 is 12.2 Å². The molecular weight excluding hydrogens is 581 g/mol. The number of fused-ring (bicyclic) bond motifs is 2. The third-order valence-electron chi connectivity index (χ3n) is 8.41. The maximum absolute atomic E-state index is 15.1. The van der Waals surface area contributed by atoms with Crippen LogP contribution in [0.5, 0.6) is 23.1 Å². The minimum atomic E-state index is -0.641. The van der Waals surface area contributed by atoms with Gasteiger partial charge < -0.3 is 30.2 Å². The molecule has 0 radical (unpaired) electrons. The first kappa shape index (κ1) is 29.7. The topological polar surface area (TPSA) is 107 Å². The minimum absolute atomic E-state index is 0.0239. The van der Waals surface area contributed by atoms with E-state index in [0.29, 0.717) is 34.0 Å². The highest BCUT2D eigenvalue weighted by molar-refractivity contribution is 7.80. The Morgan fingerprint density at radius 1 is 1.05 bits per heavy atom. The van der Waals surface area contributed by atoms with Crippen molar-refractivity contribution < 1.29 is 23.4 Å². The highest BCUT2D eigenvalue weighted by Crippen LogP contribution is 2.43. The highest BCUT2D eigenvalue weighted by Gasteiger charge is 2.40. The first-order chi connectivity index (χ1) is 21.4. The van der Waals surface area contributed by atoms with Gasteiger partial charge in [-0.2, -0.15) is 0 Å². The molecule has 1 aromatic heterocycles. The van der Waals surface area contributed by atoms with Crippen molar-refractivity contribution in [3.8, 4) is 23.1 Å². The Balaban J connectivity index is 1.12. The number of carbonyl (C=O) groups excluding carboxylic acids is 1. The fourth-order valence-electron chi connectivity index (χ4n) is 6.15. The highest BCUT2D eigenvalue weighted by atomic mass is 32.1. The quantitative estimate of drug-likeness (QED) is 0.206. The van der Waals surface area contributed by atoms with Crippen LogP contribution in [0.25, 0.3) is 10.9 Å². The second-order valence-electron chi connectivity index (χ2n) is 11.3. The molecule has 9 nitrogen and oxygen atoms in total. The third kappa shape index (κ3) is 6.74. The van der Waals surface area contributed by atoms with Crippen LogP contribution in [0.15, 0.2) is 67.0 Å². The molecule has 6 rings (SSSR count). The van der Waals surface area contributed by atoms with E-state index < -0.39 is 5.82 Å². The summed E-state index contributed by atoms with van der Waals surface area (Å²) in [7, 11) is 1.58. The average molecular weight is 616 g/mol. The molecule has 4 aromatic rings. The Labute approximate surface area is 260 Å². The Bertz CT molecular complexity index is 1660. The first-order valence-electron chi connectivity index (χ1n) is 14.7. The summed E-state index contributed by atoms with van der Waals surface area (Å²) in [6, 6.07) is 17.2. The number of thiocarbonyl (C=S) groups is 1. The lowest BCUT2D eigenvalue weighted by Gasteiger charge is -2.23. The molecule has 1 aliphatic heterocycles. The van der Waals surface area contributed by atoms with E-state index in [1.54, 1.807) is 19.2 Å². The van der Waals surface area contributed by atoms with Gasteiger partial charge in [-0.05, 0) is 86.6 Å². The number of ether oxygens (including phenoxy) is 3. The van der Waals surface area contributed by atoms with Crippen molar-refractivity contribution in [2.24, 2.45) is 17.8 Å². The second kappa shape index (κ2) is 13.1. The van der Waals surface area contributed by atoms with Crippen LogP contribution < -0.4 is 30.2 Å². The van der Waals surface area contributed by atoms with Gasteiger partial charge in [-0.1, -0.05) is 30.3 Å². The zero-order chi connectivity index (χ0) is 30.6. The predicted octanol–water partition coefficient (Wildman–Crippen LogP) is 5.64. The van der Waals surface area contributed by atoms with Gasteiger partial charge in [0.15, 0.2) is 28.2 Å². The SMILES string of the molecule is COc1cc2c(Oc3ccc(NC(=S)NC(=O)Cc4ccccc4)cc3F)ncnc2cc1OC(C)C1CC2CNCC2C1. The number of hydrogen-bond donors (Lipinski definition) is 3.